The molecule has 2 unspecified atom stereocenters. The monoisotopic (exact) mass is 460 g/mol. The fourth-order valence-electron chi connectivity index (χ4n) is 5.12. The summed E-state index contributed by atoms with van der Waals surface area (Å²) in [5.74, 6) is 0.339. The van der Waals surface area contributed by atoms with E-state index in [9.17, 15) is 14.3 Å². The Morgan fingerprint density at radius 2 is 1.91 bits per heavy atom. The van der Waals surface area contributed by atoms with Gasteiger partial charge in [0.05, 0.1) is 17.5 Å². The molecule has 6 heteroatoms. The SMILES string of the molecule is Cc1cc(Cl)c(OCC2CC(O)CC(=O)O2)c([C@H](c2ccc(F)cc2)C2CCCCC2)c1. The van der Waals surface area contributed by atoms with E-state index in [2.05, 4.69) is 6.07 Å². The van der Waals surface area contributed by atoms with Crippen LogP contribution in [-0.4, -0.2) is 29.9 Å². The second kappa shape index (κ2) is 10.2. The molecular formula is C26H30ClFO4. The van der Waals surface area contributed by atoms with E-state index in [1.165, 1.54) is 31.4 Å². The summed E-state index contributed by atoms with van der Waals surface area (Å²) in [4.78, 5) is 11.7. The van der Waals surface area contributed by atoms with Gasteiger partial charge in [0.1, 0.15) is 24.3 Å². The molecule has 4 rings (SSSR count). The fraction of sp³-hybridized carbons (Fsp3) is 0.500. The van der Waals surface area contributed by atoms with Crippen LogP contribution >= 0.6 is 11.6 Å². The number of halogens is 2. The van der Waals surface area contributed by atoms with Gasteiger partial charge in [-0.15, -0.1) is 0 Å². The van der Waals surface area contributed by atoms with Gasteiger partial charge in [0.25, 0.3) is 0 Å². The number of rotatable bonds is 6. The number of carbonyl (C=O) groups excluding carboxylic acids is 1. The smallest absolute Gasteiger partial charge is 0.308 e. The molecule has 3 atom stereocenters. The predicted octanol–water partition coefficient (Wildman–Crippen LogP) is 5.95. The van der Waals surface area contributed by atoms with E-state index in [1.807, 2.05) is 25.1 Å². The summed E-state index contributed by atoms with van der Waals surface area (Å²) in [6.45, 7) is 2.13. The van der Waals surface area contributed by atoms with Crippen molar-refractivity contribution >= 4 is 17.6 Å². The summed E-state index contributed by atoms with van der Waals surface area (Å²) in [7, 11) is 0. The lowest BCUT2D eigenvalue weighted by Crippen LogP contribution is -2.36. The number of carbonyl (C=O) groups is 1. The van der Waals surface area contributed by atoms with E-state index >= 15 is 0 Å². The molecule has 2 aromatic rings. The molecule has 2 aromatic carbocycles. The molecular weight excluding hydrogens is 431 g/mol. The van der Waals surface area contributed by atoms with Gasteiger partial charge in [0.15, 0.2) is 0 Å². The fourth-order valence-corrected chi connectivity index (χ4v) is 5.46. The number of aryl methyl sites for hydroxylation is 1. The Kier molecular flexibility index (Phi) is 7.37. The molecule has 1 aliphatic carbocycles. The zero-order valence-corrected chi connectivity index (χ0v) is 19.1. The van der Waals surface area contributed by atoms with E-state index in [0.717, 1.165) is 29.5 Å². The molecule has 0 bridgehead atoms. The van der Waals surface area contributed by atoms with Gasteiger partial charge in [-0.1, -0.05) is 49.1 Å². The number of aliphatic hydroxyl groups is 1. The normalized spacial score (nSPS) is 22.9. The first kappa shape index (κ1) is 23.1. The van der Waals surface area contributed by atoms with E-state index in [-0.39, 0.29) is 24.8 Å². The zero-order chi connectivity index (χ0) is 22.7. The van der Waals surface area contributed by atoms with Crippen LogP contribution in [0.15, 0.2) is 36.4 Å². The highest BCUT2D eigenvalue weighted by atomic mass is 35.5. The third kappa shape index (κ3) is 5.44. The Labute approximate surface area is 193 Å². The van der Waals surface area contributed by atoms with E-state index < -0.39 is 18.2 Å². The number of cyclic esters (lactones) is 1. The minimum atomic E-state index is -0.716. The quantitative estimate of drug-likeness (QED) is 0.541. The molecule has 1 saturated carbocycles. The van der Waals surface area contributed by atoms with Crippen molar-refractivity contribution in [3.63, 3.8) is 0 Å². The first-order chi connectivity index (χ1) is 15.4. The number of ether oxygens (including phenoxy) is 2. The molecule has 2 fully saturated rings. The highest BCUT2D eigenvalue weighted by Crippen LogP contribution is 2.46. The van der Waals surface area contributed by atoms with Crippen LogP contribution in [0.25, 0.3) is 0 Å². The van der Waals surface area contributed by atoms with Crippen LogP contribution in [0.3, 0.4) is 0 Å². The zero-order valence-electron chi connectivity index (χ0n) is 18.4. The van der Waals surface area contributed by atoms with Crippen molar-refractivity contribution in [3.8, 4) is 5.75 Å². The Morgan fingerprint density at radius 3 is 2.59 bits per heavy atom. The van der Waals surface area contributed by atoms with E-state index in [0.29, 0.717) is 23.1 Å². The molecule has 0 amide bonds. The van der Waals surface area contributed by atoms with Crippen molar-refractivity contribution in [1.82, 2.24) is 0 Å². The topological polar surface area (TPSA) is 55.8 Å². The van der Waals surface area contributed by atoms with Gasteiger partial charge in [0.2, 0.25) is 0 Å². The van der Waals surface area contributed by atoms with Gasteiger partial charge >= 0.3 is 5.97 Å². The maximum Gasteiger partial charge on any atom is 0.308 e. The van der Waals surface area contributed by atoms with Crippen LogP contribution in [0.1, 0.15) is 67.6 Å². The lowest BCUT2D eigenvalue weighted by atomic mass is 9.73. The maximum atomic E-state index is 13.7. The highest BCUT2D eigenvalue weighted by Gasteiger charge is 2.32. The van der Waals surface area contributed by atoms with Gasteiger partial charge < -0.3 is 14.6 Å². The van der Waals surface area contributed by atoms with Gasteiger partial charge in [-0.3, -0.25) is 4.79 Å². The second-order valence-corrected chi connectivity index (χ2v) is 9.52. The molecule has 1 saturated heterocycles. The van der Waals surface area contributed by atoms with Crippen molar-refractivity contribution in [2.75, 3.05) is 6.61 Å². The molecule has 1 aliphatic heterocycles. The third-order valence-electron chi connectivity index (χ3n) is 6.55. The molecule has 172 valence electrons. The molecule has 0 radical (unpaired) electrons. The van der Waals surface area contributed by atoms with Crippen LogP contribution in [-0.2, 0) is 9.53 Å². The second-order valence-electron chi connectivity index (χ2n) is 9.11. The Hall–Kier alpha value is -2.11. The van der Waals surface area contributed by atoms with E-state index in [1.54, 1.807) is 0 Å². The standard InChI is InChI=1S/C26H30ClFO4/c1-16-11-22(25(17-5-3-2-4-6-17)18-7-9-19(28)10-8-18)26(23(27)12-16)31-15-21-13-20(29)14-24(30)32-21/h7-12,17,20-21,25,29H,2-6,13-15H2,1H3/t20?,21?,25-/m0/s1. The summed E-state index contributed by atoms with van der Waals surface area (Å²) >= 11 is 6.66. The number of hydrogen-bond donors (Lipinski definition) is 1. The number of benzene rings is 2. The number of aliphatic hydroxyl groups excluding tert-OH is 1. The number of hydrogen-bond acceptors (Lipinski definition) is 4. The third-order valence-corrected chi connectivity index (χ3v) is 6.83. The highest BCUT2D eigenvalue weighted by molar-refractivity contribution is 6.32. The Balaban J connectivity index is 1.68. The summed E-state index contributed by atoms with van der Waals surface area (Å²) in [5, 5.41) is 10.4. The molecule has 32 heavy (non-hydrogen) atoms. The summed E-state index contributed by atoms with van der Waals surface area (Å²) < 4.78 is 25.2. The molecule has 2 aliphatic rings. The lowest BCUT2D eigenvalue weighted by Gasteiger charge is -2.33. The van der Waals surface area contributed by atoms with Gasteiger partial charge in [-0.2, -0.15) is 0 Å². The molecule has 1 heterocycles. The van der Waals surface area contributed by atoms with Gasteiger partial charge in [0, 0.05) is 17.9 Å². The van der Waals surface area contributed by atoms with Crippen LogP contribution in [0.2, 0.25) is 5.02 Å². The average Bonchev–Trinajstić information content (AvgIpc) is 2.75. The van der Waals surface area contributed by atoms with Crippen molar-refractivity contribution in [2.24, 2.45) is 5.92 Å². The van der Waals surface area contributed by atoms with E-state index in [4.69, 9.17) is 21.1 Å². The van der Waals surface area contributed by atoms with Crippen LogP contribution in [0, 0.1) is 18.7 Å². The molecule has 0 spiro atoms. The number of esters is 1. The lowest BCUT2D eigenvalue weighted by molar-refractivity contribution is -0.162. The first-order valence-electron chi connectivity index (χ1n) is 11.5. The Bertz CT molecular complexity index is 940. The predicted molar refractivity (Wildman–Crippen MR) is 122 cm³/mol. The van der Waals surface area contributed by atoms with Crippen LogP contribution in [0.4, 0.5) is 4.39 Å². The average molecular weight is 461 g/mol. The minimum absolute atomic E-state index is 0.0152. The summed E-state index contributed by atoms with van der Waals surface area (Å²) in [5.41, 5.74) is 3.06. The van der Waals surface area contributed by atoms with Gasteiger partial charge in [-0.25, -0.2) is 4.39 Å². The van der Waals surface area contributed by atoms with Crippen LogP contribution < -0.4 is 4.74 Å². The van der Waals surface area contributed by atoms with Crippen molar-refractivity contribution < 1.29 is 23.8 Å². The minimum Gasteiger partial charge on any atom is -0.488 e. The first-order valence-corrected chi connectivity index (χ1v) is 11.8. The molecule has 1 N–H and O–H groups in total. The Morgan fingerprint density at radius 1 is 1.19 bits per heavy atom. The van der Waals surface area contributed by atoms with Crippen LogP contribution in [0.5, 0.6) is 5.75 Å². The van der Waals surface area contributed by atoms with Crippen molar-refractivity contribution in [2.45, 2.75) is 70.0 Å². The van der Waals surface area contributed by atoms with Crippen molar-refractivity contribution in [1.29, 1.82) is 0 Å². The van der Waals surface area contributed by atoms with Gasteiger partial charge in [-0.05, 0) is 55.0 Å². The summed E-state index contributed by atoms with van der Waals surface area (Å²) in [6.07, 6.45) is 4.90. The van der Waals surface area contributed by atoms with Crippen molar-refractivity contribution in [3.05, 3.63) is 63.9 Å². The molecule has 0 aromatic heterocycles. The largest absolute Gasteiger partial charge is 0.488 e. The summed E-state index contributed by atoms with van der Waals surface area (Å²) in [6, 6.07) is 10.7. The molecule has 4 nitrogen and oxygen atoms in total. The maximum absolute atomic E-state index is 13.7.